The number of nitrogens with one attached hydrogen (secondary N) is 2. The third kappa shape index (κ3) is 3.18. The molecule has 140 valence electrons. The molecule has 4 rings (SSSR count). The number of aromatic nitrogens is 4. The van der Waals surface area contributed by atoms with Gasteiger partial charge in [-0.15, -0.1) is 0 Å². The first-order valence-electron chi connectivity index (χ1n) is 8.79. The zero-order chi connectivity index (χ0) is 19.7. The van der Waals surface area contributed by atoms with E-state index in [9.17, 15) is 4.79 Å². The van der Waals surface area contributed by atoms with Gasteiger partial charge < -0.3 is 15.0 Å². The fourth-order valence-electron chi connectivity index (χ4n) is 3.21. The lowest BCUT2D eigenvalue weighted by molar-refractivity contribution is -0.114. The van der Waals surface area contributed by atoms with Crippen LogP contribution in [0.5, 0.6) is 5.75 Å². The number of methoxy groups -OCH3 is 1. The lowest BCUT2D eigenvalue weighted by Crippen LogP contribution is -2.07. The van der Waals surface area contributed by atoms with Gasteiger partial charge in [0.2, 0.25) is 5.91 Å². The van der Waals surface area contributed by atoms with E-state index < -0.39 is 0 Å². The van der Waals surface area contributed by atoms with Gasteiger partial charge in [-0.05, 0) is 31.2 Å². The molecule has 0 unspecified atom stereocenters. The van der Waals surface area contributed by atoms with E-state index in [1.807, 2.05) is 43.3 Å². The molecule has 1 amide bonds. The first-order chi connectivity index (χ1) is 13.6. The summed E-state index contributed by atoms with van der Waals surface area (Å²) in [6.45, 7) is 3.40. The Kier molecular flexibility index (Phi) is 4.49. The van der Waals surface area contributed by atoms with Gasteiger partial charge in [-0.3, -0.25) is 14.8 Å². The van der Waals surface area contributed by atoms with E-state index in [0.717, 1.165) is 39.2 Å². The van der Waals surface area contributed by atoms with Gasteiger partial charge in [-0.25, -0.2) is 4.98 Å². The Hall–Kier alpha value is -3.74. The van der Waals surface area contributed by atoms with Crippen molar-refractivity contribution in [2.24, 2.45) is 0 Å². The van der Waals surface area contributed by atoms with Crippen LogP contribution in [0.2, 0.25) is 0 Å². The van der Waals surface area contributed by atoms with Gasteiger partial charge in [-0.2, -0.15) is 0 Å². The van der Waals surface area contributed by atoms with Crippen LogP contribution in [0.15, 0.2) is 48.8 Å². The Morgan fingerprint density at radius 3 is 2.71 bits per heavy atom. The van der Waals surface area contributed by atoms with E-state index in [1.165, 1.54) is 6.92 Å². The van der Waals surface area contributed by atoms with Crippen LogP contribution in [0.1, 0.15) is 12.6 Å². The van der Waals surface area contributed by atoms with Gasteiger partial charge in [0.15, 0.2) is 0 Å². The van der Waals surface area contributed by atoms with E-state index in [1.54, 1.807) is 19.5 Å². The number of pyridine rings is 3. The molecule has 0 saturated carbocycles. The SMILES string of the molecule is COc1ccnc2c(-c3cccc(C)n3)c(-c3ccnc(NC(C)=O)c3)[nH]c12. The summed E-state index contributed by atoms with van der Waals surface area (Å²) in [6.07, 6.45) is 3.37. The van der Waals surface area contributed by atoms with Crippen LogP contribution >= 0.6 is 0 Å². The van der Waals surface area contributed by atoms with Crippen molar-refractivity contribution in [2.45, 2.75) is 13.8 Å². The number of hydrogen-bond acceptors (Lipinski definition) is 5. The number of carbonyl (C=O) groups is 1. The van der Waals surface area contributed by atoms with E-state index in [-0.39, 0.29) is 5.91 Å². The third-order valence-corrected chi connectivity index (χ3v) is 4.37. The number of aromatic amines is 1. The number of ether oxygens (including phenoxy) is 1. The maximum absolute atomic E-state index is 11.4. The number of carbonyl (C=O) groups excluding carboxylic acids is 1. The van der Waals surface area contributed by atoms with Crippen LogP contribution < -0.4 is 10.1 Å². The summed E-state index contributed by atoms with van der Waals surface area (Å²) in [7, 11) is 1.63. The summed E-state index contributed by atoms with van der Waals surface area (Å²) in [5.74, 6) is 0.998. The highest BCUT2D eigenvalue weighted by atomic mass is 16.5. The average Bonchev–Trinajstić information content (AvgIpc) is 3.07. The molecule has 0 aromatic carbocycles. The Labute approximate surface area is 161 Å². The van der Waals surface area contributed by atoms with Crippen LogP contribution in [0.4, 0.5) is 5.82 Å². The molecule has 0 fully saturated rings. The molecule has 0 spiro atoms. The van der Waals surface area contributed by atoms with E-state index >= 15 is 0 Å². The Morgan fingerprint density at radius 2 is 1.96 bits per heavy atom. The molecule has 0 aliphatic rings. The number of hydrogen-bond donors (Lipinski definition) is 2. The Bertz CT molecular complexity index is 1180. The van der Waals surface area contributed by atoms with Crippen molar-refractivity contribution in [3.05, 3.63) is 54.5 Å². The van der Waals surface area contributed by atoms with E-state index in [0.29, 0.717) is 11.6 Å². The molecule has 4 aromatic rings. The van der Waals surface area contributed by atoms with Gasteiger partial charge in [0, 0.05) is 36.6 Å². The second kappa shape index (κ2) is 7.11. The molecule has 0 aliphatic heterocycles. The van der Waals surface area contributed by atoms with Gasteiger partial charge in [-0.1, -0.05) is 6.07 Å². The normalized spacial score (nSPS) is 10.8. The maximum Gasteiger partial charge on any atom is 0.222 e. The van der Waals surface area contributed by atoms with Crippen molar-refractivity contribution in [1.82, 2.24) is 19.9 Å². The minimum absolute atomic E-state index is 0.176. The molecule has 0 radical (unpaired) electrons. The smallest absolute Gasteiger partial charge is 0.222 e. The highest BCUT2D eigenvalue weighted by Gasteiger charge is 2.20. The van der Waals surface area contributed by atoms with Crippen molar-refractivity contribution >= 4 is 22.8 Å². The Morgan fingerprint density at radius 1 is 1.14 bits per heavy atom. The highest BCUT2D eigenvalue weighted by molar-refractivity contribution is 6.03. The molecule has 0 atom stereocenters. The van der Waals surface area contributed by atoms with Gasteiger partial charge in [0.1, 0.15) is 22.6 Å². The fraction of sp³-hybridized carbons (Fsp3) is 0.143. The second-order valence-corrected chi connectivity index (χ2v) is 6.39. The molecule has 7 nitrogen and oxygen atoms in total. The highest BCUT2D eigenvalue weighted by Crippen LogP contribution is 2.39. The third-order valence-electron chi connectivity index (χ3n) is 4.37. The second-order valence-electron chi connectivity index (χ2n) is 6.39. The zero-order valence-corrected chi connectivity index (χ0v) is 15.8. The number of H-pyrrole nitrogens is 1. The minimum Gasteiger partial charge on any atom is -0.494 e. The van der Waals surface area contributed by atoms with E-state index in [4.69, 9.17) is 9.72 Å². The van der Waals surface area contributed by atoms with Crippen LogP contribution in [-0.2, 0) is 4.79 Å². The first-order valence-corrected chi connectivity index (χ1v) is 8.79. The summed E-state index contributed by atoms with van der Waals surface area (Å²) >= 11 is 0. The summed E-state index contributed by atoms with van der Waals surface area (Å²) in [5.41, 5.74) is 5.84. The number of nitrogens with zero attached hydrogens (tertiary/aromatic N) is 3. The molecular weight excluding hydrogens is 354 g/mol. The molecule has 0 bridgehead atoms. The predicted molar refractivity (Wildman–Crippen MR) is 108 cm³/mol. The Balaban J connectivity index is 2.00. The molecule has 7 heteroatoms. The average molecular weight is 373 g/mol. The summed E-state index contributed by atoms with van der Waals surface area (Å²) in [4.78, 5) is 28.3. The van der Waals surface area contributed by atoms with Crippen molar-refractivity contribution in [3.63, 3.8) is 0 Å². The quantitative estimate of drug-likeness (QED) is 0.565. The van der Waals surface area contributed by atoms with Crippen molar-refractivity contribution in [3.8, 4) is 28.3 Å². The van der Waals surface area contributed by atoms with Crippen molar-refractivity contribution in [1.29, 1.82) is 0 Å². The molecule has 0 aliphatic carbocycles. The topological polar surface area (TPSA) is 92.8 Å². The van der Waals surface area contributed by atoms with Crippen LogP contribution in [0.3, 0.4) is 0 Å². The number of aryl methyl sites for hydroxylation is 1. The first kappa shape index (κ1) is 17.7. The number of fused-ring (bicyclic) bond motifs is 1. The van der Waals surface area contributed by atoms with Crippen LogP contribution in [0.25, 0.3) is 33.5 Å². The molecule has 4 aromatic heterocycles. The molecular formula is C21H19N5O2. The lowest BCUT2D eigenvalue weighted by Gasteiger charge is -2.07. The summed E-state index contributed by atoms with van der Waals surface area (Å²) in [5, 5.41) is 2.72. The summed E-state index contributed by atoms with van der Waals surface area (Å²) in [6, 6.07) is 11.4. The van der Waals surface area contributed by atoms with Crippen LogP contribution in [0, 0.1) is 6.92 Å². The lowest BCUT2D eigenvalue weighted by atomic mass is 10.0. The van der Waals surface area contributed by atoms with Crippen LogP contribution in [-0.4, -0.2) is 33.0 Å². The van der Waals surface area contributed by atoms with Crippen molar-refractivity contribution in [2.75, 3.05) is 12.4 Å². The van der Waals surface area contributed by atoms with Gasteiger partial charge in [0.25, 0.3) is 0 Å². The minimum atomic E-state index is -0.176. The number of rotatable bonds is 4. The molecule has 4 heterocycles. The van der Waals surface area contributed by atoms with Crippen molar-refractivity contribution < 1.29 is 9.53 Å². The maximum atomic E-state index is 11.4. The molecule has 0 saturated heterocycles. The number of amides is 1. The largest absolute Gasteiger partial charge is 0.494 e. The monoisotopic (exact) mass is 373 g/mol. The van der Waals surface area contributed by atoms with E-state index in [2.05, 4.69) is 20.3 Å². The molecule has 28 heavy (non-hydrogen) atoms. The molecule has 2 N–H and O–H groups in total. The number of anilines is 1. The van der Waals surface area contributed by atoms with Gasteiger partial charge in [0.05, 0.1) is 24.1 Å². The summed E-state index contributed by atoms with van der Waals surface area (Å²) < 4.78 is 5.51. The van der Waals surface area contributed by atoms with Gasteiger partial charge >= 0.3 is 0 Å². The zero-order valence-electron chi connectivity index (χ0n) is 15.8. The predicted octanol–water partition coefficient (Wildman–Crippen LogP) is 3.96. The fourth-order valence-corrected chi connectivity index (χ4v) is 3.21. The standard InChI is InChI=1S/C21H19N5O2/c1-12-5-4-6-15(24-12)18-19(14-7-9-22-17(11-14)25-13(2)27)26-20-16(28-3)8-10-23-21(18)20/h4-11,26H,1-3H3,(H,22,25,27).